The lowest BCUT2D eigenvalue weighted by atomic mass is 9.95. The van der Waals surface area contributed by atoms with Crippen LogP contribution in [0.3, 0.4) is 0 Å². The first-order valence-electron chi connectivity index (χ1n) is 4.14. The molecule has 1 aromatic rings. The monoisotopic (exact) mass is 188 g/mol. The van der Waals surface area contributed by atoms with Crippen LogP contribution in [0, 0.1) is 0 Å². The Balaban J connectivity index is 0.000000110. The molecular formula is C10H8N2O2. The molecule has 0 saturated carbocycles. The molecule has 0 aliphatic heterocycles. The van der Waals surface area contributed by atoms with Crippen LogP contribution >= 0.6 is 0 Å². The second-order valence-electron chi connectivity index (χ2n) is 2.87. The number of nitrogens with one attached hydrogen (secondary N) is 2. The molecule has 0 radical (unpaired) electrons. The van der Waals surface area contributed by atoms with Gasteiger partial charge in [0, 0.05) is 12.3 Å². The van der Waals surface area contributed by atoms with Crippen molar-refractivity contribution in [2.24, 2.45) is 0 Å². The summed E-state index contributed by atoms with van der Waals surface area (Å²) in [5.41, 5.74) is 2.00. The number of H-pyrrole nitrogens is 2. The number of hydrogen-bond acceptors (Lipinski definition) is 2. The lowest BCUT2D eigenvalue weighted by Crippen LogP contribution is -2.19. The van der Waals surface area contributed by atoms with Crippen molar-refractivity contribution in [3.8, 4) is 11.1 Å². The molecule has 1 aromatic heterocycles. The van der Waals surface area contributed by atoms with E-state index in [1.165, 1.54) is 23.4 Å². The van der Waals surface area contributed by atoms with E-state index in [0.29, 0.717) is 0 Å². The molecule has 2 aliphatic rings. The highest BCUT2D eigenvalue weighted by Crippen LogP contribution is 2.29. The first kappa shape index (κ1) is 8.50. The van der Waals surface area contributed by atoms with Gasteiger partial charge in [0.1, 0.15) is 0 Å². The Morgan fingerprint density at radius 2 is 1.43 bits per heavy atom. The summed E-state index contributed by atoms with van der Waals surface area (Å²) < 4.78 is 0. The van der Waals surface area contributed by atoms with E-state index in [1.807, 2.05) is 4.98 Å². The SMILES string of the molecule is O=c1cc[nH]c(=O)[nH]1.c1cc2ccc1-2. The van der Waals surface area contributed by atoms with Gasteiger partial charge < -0.3 is 4.98 Å². The number of benzene rings is 1. The van der Waals surface area contributed by atoms with Gasteiger partial charge in [0.2, 0.25) is 0 Å². The fraction of sp³-hybridized carbons (Fsp3) is 0. The number of rotatable bonds is 0. The average Bonchev–Trinajstić information content (AvgIpc) is 2.12. The third kappa shape index (κ3) is 1.64. The smallest absolute Gasteiger partial charge is 0.314 e. The summed E-state index contributed by atoms with van der Waals surface area (Å²) in [6.07, 6.45) is 1.29. The second kappa shape index (κ2) is 3.33. The minimum atomic E-state index is -0.475. The van der Waals surface area contributed by atoms with E-state index in [4.69, 9.17) is 0 Å². The van der Waals surface area contributed by atoms with E-state index in [1.54, 1.807) is 0 Å². The summed E-state index contributed by atoms with van der Waals surface area (Å²) in [6, 6.07) is 9.72. The fourth-order valence-electron chi connectivity index (χ4n) is 1.05. The van der Waals surface area contributed by atoms with Crippen LogP contribution in [-0.2, 0) is 0 Å². The maximum absolute atomic E-state index is 10.2. The van der Waals surface area contributed by atoms with Crippen LogP contribution in [0.15, 0.2) is 46.1 Å². The quantitative estimate of drug-likeness (QED) is 0.546. The van der Waals surface area contributed by atoms with Crippen LogP contribution in [0.1, 0.15) is 0 Å². The lowest BCUT2D eigenvalue weighted by molar-refractivity contribution is 1.04. The maximum Gasteiger partial charge on any atom is 0.325 e. The molecule has 0 unspecified atom stereocenters. The summed E-state index contributed by atoms with van der Waals surface area (Å²) in [5.74, 6) is 0. The standard InChI is InChI=1S/C6H4.C4H4N2O2/c1-2-6-4-3-5(1)6;7-3-1-2-5-4(8)6-3/h1-4H;1-2H,(H2,5,6,7,8). The van der Waals surface area contributed by atoms with Crippen LogP contribution in [0.25, 0.3) is 11.1 Å². The first-order chi connectivity index (χ1) is 6.75. The number of fused-ring (bicyclic) bond motifs is 1. The van der Waals surface area contributed by atoms with Crippen molar-refractivity contribution < 1.29 is 0 Å². The molecule has 3 rings (SSSR count). The Morgan fingerprint density at radius 3 is 1.64 bits per heavy atom. The van der Waals surface area contributed by atoms with Crippen LogP contribution < -0.4 is 11.2 Å². The minimum absolute atomic E-state index is 0.381. The molecule has 70 valence electrons. The van der Waals surface area contributed by atoms with E-state index in [9.17, 15) is 9.59 Å². The molecule has 2 aliphatic carbocycles. The van der Waals surface area contributed by atoms with Crippen LogP contribution in [0.4, 0.5) is 0 Å². The molecular weight excluding hydrogens is 180 g/mol. The molecule has 14 heavy (non-hydrogen) atoms. The van der Waals surface area contributed by atoms with Gasteiger partial charge >= 0.3 is 5.69 Å². The molecule has 0 amide bonds. The van der Waals surface area contributed by atoms with Gasteiger partial charge in [0.25, 0.3) is 5.56 Å². The lowest BCUT2D eigenvalue weighted by Gasteiger charge is -2.10. The van der Waals surface area contributed by atoms with E-state index >= 15 is 0 Å². The molecule has 1 heterocycles. The summed E-state index contributed by atoms with van der Waals surface area (Å²) in [7, 11) is 0. The van der Waals surface area contributed by atoms with Gasteiger partial charge in [-0.25, -0.2) is 4.79 Å². The largest absolute Gasteiger partial charge is 0.325 e. The van der Waals surface area contributed by atoms with Crippen molar-refractivity contribution in [2.75, 3.05) is 0 Å². The van der Waals surface area contributed by atoms with Gasteiger partial charge in [-0.1, -0.05) is 24.3 Å². The highest BCUT2D eigenvalue weighted by Gasteiger charge is 2.03. The predicted molar refractivity (Wildman–Crippen MR) is 53.1 cm³/mol. The normalized spacial score (nSPS) is 10.0. The van der Waals surface area contributed by atoms with E-state index < -0.39 is 5.69 Å². The minimum Gasteiger partial charge on any atom is -0.314 e. The highest BCUT2D eigenvalue weighted by molar-refractivity contribution is 5.75. The zero-order valence-electron chi connectivity index (χ0n) is 7.28. The molecule has 0 saturated heterocycles. The van der Waals surface area contributed by atoms with Gasteiger partial charge in [-0.05, 0) is 11.1 Å². The molecule has 2 N–H and O–H groups in total. The summed E-state index contributed by atoms with van der Waals surface area (Å²) in [5, 5.41) is 0. The third-order valence-electron chi connectivity index (χ3n) is 1.90. The van der Waals surface area contributed by atoms with Gasteiger partial charge in [-0.2, -0.15) is 0 Å². The third-order valence-corrected chi connectivity index (χ3v) is 1.90. The number of aromatic amines is 2. The summed E-state index contributed by atoms with van der Waals surface area (Å²) in [4.78, 5) is 24.7. The Morgan fingerprint density at radius 1 is 0.857 bits per heavy atom. The second-order valence-corrected chi connectivity index (χ2v) is 2.87. The molecule has 0 fully saturated rings. The molecule has 0 aromatic carbocycles. The van der Waals surface area contributed by atoms with Crippen molar-refractivity contribution in [3.63, 3.8) is 0 Å². The summed E-state index contributed by atoms with van der Waals surface area (Å²) in [6.45, 7) is 0. The van der Waals surface area contributed by atoms with Crippen molar-refractivity contribution in [2.45, 2.75) is 0 Å². The Bertz CT molecular complexity index is 491. The molecule has 4 heteroatoms. The Hall–Kier alpha value is -2.10. The molecule has 0 atom stereocenters. The van der Waals surface area contributed by atoms with Crippen molar-refractivity contribution in [3.05, 3.63) is 57.4 Å². The van der Waals surface area contributed by atoms with Crippen molar-refractivity contribution >= 4 is 0 Å². The number of aromatic nitrogens is 2. The predicted octanol–water partition coefficient (Wildman–Crippen LogP) is 0.730. The van der Waals surface area contributed by atoms with Gasteiger partial charge in [0.15, 0.2) is 0 Å². The zero-order chi connectivity index (χ0) is 9.97. The Labute approximate surface area is 79.3 Å². The topological polar surface area (TPSA) is 65.7 Å². The zero-order valence-corrected chi connectivity index (χ0v) is 7.28. The van der Waals surface area contributed by atoms with Crippen molar-refractivity contribution in [1.29, 1.82) is 0 Å². The maximum atomic E-state index is 10.2. The van der Waals surface area contributed by atoms with E-state index in [2.05, 4.69) is 29.2 Å². The van der Waals surface area contributed by atoms with Crippen LogP contribution in [0.5, 0.6) is 0 Å². The molecule has 0 spiro atoms. The van der Waals surface area contributed by atoms with Crippen LogP contribution in [-0.4, -0.2) is 9.97 Å². The fourth-order valence-corrected chi connectivity index (χ4v) is 1.05. The van der Waals surface area contributed by atoms with Gasteiger partial charge in [-0.15, -0.1) is 0 Å². The van der Waals surface area contributed by atoms with Crippen LogP contribution in [0.2, 0.25) is 0 Å². The van der Waals surface area contributed by atoms with Gasteiger partial charge in [-0.3, -0.25) is 9.78 Å². The van der Waals surface area contributed by atoms with Crippen molar-refractivity contribution in [1.82, 2.24) is 9.97 Å². The van der Waals surface area contributed by atoms with E-state index in [-0.39, 0.29) is 5.56 Å². The number of hydrogen-bond donors (Lipinski definition) is 2. The molecule has 4 nitrogen and oxygen atoms in total. The molecule has 0 bridgehead atoms. The van der Waals surface area contributed by atoms with E-state index in [0.717, 1.165) is 0 Å². The first-order valence-corrected chi connectivity index (χ1v) is 4.14. The summed E-state index contributed by atoms with van der Waals surface area (Å²) >= 11 is 0. The van der Waals surface area contributed by atoms with Gasteiger partial charge in [0.05, 0.1) is 0 Å². The highest BCUT2D eigenvalue weighted by atomic mass is 16.2. The average molecular weight is 188 g/mol. The Kier molecular flexibility index (Phi) is 2.02.